The Balaban J connectivity index is 0.000000623. The number of benzene rings is 2. The van der Waals surface area contributed by atoms with E-state index in [0.29, 0.717) is 52.9 Å². The second kappa shape index (κ2) is 12.7. The van der Waals surface area contributed by atoms with E-state index >= 15 is 0 Å². The molecule has 0 aliphatic rings. The van der Waals surface area contributed by atoms with Crippen molar-refractivity contribution in [2.45, 2.75) is 6.42 Å². The van der Waals surface area contributed by atoms with Gasteiger partial charge < -0.3 is 20.5 Å². The van der Waals surface area contributed by atoms with Gasteiger partial charge in [-0.05, 0) is 36.2 Å². The van der Waals surface area contributed by atoms with E-state index in [2.05, 4.69) is 20.3 Å². The minimum absolute atomic E-state index is 0.238. The van der Waals surface area contributed by atoms with E-state index in [1.807, 2.05) is 35.6 Å². The van der Waals surface area contributed by atoms with Crippen molar-refractivity contribution in [3.63, 3.8) is 0 Å². The SMILES string of the molecule is CNC(=O)O.Fc1cc(Cl)c(OCCCNc2ncnc3ccc(Cl)nc23)c(-c2ccccc2)c1. The van der Waals surface area contributed by atoms with E-state index in [9.17, 15) is 9.18 Å². The first-order valence-corrected chi connectivity index (χ1v) is 11.2. The van der Waals surface area contributed by atoms with Gasteiger partial charge in [0.1, 0.15) is 28.6 Å². The maximum absolute atomic E-state index is 13.9. The van der Waals surface area contributed by atoms with Crippen LogP contribution in [0.3, 0.4) is 0 Å². The van der Waals surface area contributed by atoms with Crippen molar-refractivity contribution < 1.29 is 19.0 Å². The Bertz CT molecular complexity index is 1300. The molecular weight excluding hydrogens is 496 g/mol. The summed E-state index contributed by atoms with van der Waals surface area (Å²) in [5, 5.41) is 13.4. The fourth-order valence-electron chi connectivity index (χ4n) is 3.04. The van der Waals surface area contributed by atoms with E-state index in [0.717, 1.165) is 5.56 Å². The van der Waals surface area contributed by atoms with Crippen molar-refractivity contribution in [3.8, 4) is 16.9 Å². The van der Waals surface area contributed by atoms with Crippen LogP contribution in [-0.2, 0) is 0 Å². The second-order valence-corrected chi connectivity index (χ2v) is 7.83. The molecule has 0 bridgehead atoms. The van der Waals surface area contributed by atoms with Gasteiger partial charge >= 0.3 is 6.09 Å². The molecule has 0 atom stereocenters. The molecule has 0 radical (unpaired) electrons. The minimum Gasteiger partial charge on any atom is -0.491 e. The predicted molar refractivity (Wildman–Crippen MR) is 135 cm³/mol. The average Bonchev–Trinajstić information content (AvgIpc) is 2.85. The van der Waals surface area contributed by atoms with Gasteiger partial charge in [0, 0.05) is 19.2 Å². The Hall–Kier alpha value is -3.69. The number of rotatable bonds is 7. The van der Waals surface area contributed by atoms with Crippen LogP contribution < -0.4 is 15.4 Å². The molecule has 0 saturated heterocycles. The Labute approximate surface area is 211 Å². The third-order valence-electron chi connectivity index (χ3n) is 4.61. The van der Waals surface area contributed by atoms with Gasteiger partial charge in [0.15, 0.2) is 5.82 Å². The number of amides is 1. The van der Waals surface area contributed by atoms with E-state index in [1.54, 1.807) is 12.1 Å². The summed E-state index contributed by atoms with van der Waals surface area (Å²) in [7, 11) is 1.35. The zero-order chi connectivity index (χ0) is 25.2. The van der Waals surface area contributed by atoms with Crippen LogP contribution in [0, 0.1) is 5.82 Å². The molecule has 0 aliphatic carbocycles. The largest absolute Gasteiger partial charge is 0.491 e. The van der Waals surface area contributed by atoms with Crippen LogP contribution in [0.1, 0.15) is 6.42 Å². The summed E-state index contributed by atoms with van der Waals surface area (Å²) < 4.78 is 19.8. The predicted octanol–water partition coefficient (Wildman–Crippen LogP) is 5.90. The van der Waals surface area contributed by atoms with Crippen molar-refractivity contribution in [3.05, 3.63) is 76.9 Å². The lowest BCUT2D eigenvalue weighted by atomic mass is 10.0. The average molecular weight is 518 g/mol. The van der Waals surface area contributed by atoms with Gasteiger partial charge in [-0.2, -0.15) is 0 Å². The lowest BCUT2D eigenvalue weighted by Crippen LogP contribution is -2.13. The number of anilines is 1. The first-order valence-electron chi connectivity index (χ1n) is 10.5. The summed E-state index contributed by atoms with van der Waals surface area (Å²) in [5.41, 5.74) is 2.77. The van der Waals surface area contributed by atoms with Crippen molar-refractivity contribution in [1.82, 2.24) is 20.3 Å². The molecule has 2 aromatic carbocycles. The smallest absolute Gasteiger partial charge is 0.404 e. The highest BCUT2D eigenvalue weighted by molar-refractivity contribution is 6.32. The number of hydrogen-bond donors (Lipinski definition) is 3. The lowest BCUT2D eigenvalue weighted by molar-refractivity contribution is 0.197. The van der Waals surface area contributed by atoms with Crippen molar-refractivity contribution in [2.75, 3.05) is 25.5 Å². The number of carboxylic acid groups (broad SMARTS) is 1. The lowest BCUT2D eigenvalue weighted by Gasteiger charge is -2.14. The molecular formula is C24H22Cl2FN5O3. The Morgan fingerprint density at radius 2 is 1.86 bits per heavy atom. The third-order valence-corrected chi connectivity index (χ3v) is 5.11. The monoisotopic (exact) mass is 517 g/mol. The molecule has 1 amide bonds. The second-order valence-electron chi connectivity index (χ2n) is 7.04. The molecule has 0 saturated carbocycles. The number of pyridine rings is 1. The standard InChI is InChI=1S/C22H17Cl2FN4O.C2H5NO2/c23-17-12-15(25)11-16(14-5-2-1-3-6-14)21(17)30-10-4-9-26-22-20-18(27-13-28-22)7-8-19(24)29-20;1-3-2(4)5/h1-3,5-8,11-13H,4,9-10H2,(H,26,27,28);3H,1H3,(H,4,5). The number of carbonyl (C=O) groups is 1. The number of aromatic nitrogens is 3. The van der Waals surface area contributed by atoms with Crippen molar-refractivity contribution in [1.29, 1.82) is 0 Å². The van der Waals surface area contributed by atoms with Crippen LogP contribution >= 0.6 is 23.2 Å². The first-order chi connectivity index (χ1) is 16.9. The van der Waals surface area contributed by atoms with Gasteiger partial charge in [0.2, 0.25) is 0 Å². The van der Waals surface area contributed by atoms with Crippen LogP contribution in [0.15, 0.2) is 60.9 Å². The number of halogens is 3. The van der Waals surface area contributed by atoms with Crippen LogP contribution in [0.2, 0.25) is 10.2 Å². The summed E-state index contributed by atoms with van der Waals surface area (Å²) in [5.74, 6) is 0.659. The Kier molecular flexibility index (Phi) is 9.39. The minimum atomic E-state index is -0.995. The molecule has 0 unspecified atom stereocenters. The number of ether oxygens (including phenoxy) is 1. The van der Waals surface area contributed by atoms with Crippen molar-refractivity contribution in [2.24, 2.45) is 0 Å². The molecule has 4 aromatic rings. The summed E-state index contributed by atoms with van der Waals surface area (Å²) >= 11 is 12.2. The fourth-order valence-corrected chi connectivity index (χ4v) is 3.45. The first kappa shape index (κ1) is 25.9. The fraction of sp³-hybridized carbons (Fsp3) is 0.167. The maximum atomic E-state index is 13.9. The van der Waals surface area contributed by atoms with Gasteiger partial charge in [0.25, 0.3) is 0 Å². The zero-order valence-corrected chi connectivity index (χ0v) is 20.1. The van der Waals surface area contributed by atoms with Crippen LogP contribution in [0.25, 0.3) is 22.2 Å². The Morgan fingerprint density at radius 1 is 1.11 bits per heavy atom. The number of fused-ring (bicyclic) bond motifs is 1. The van der Waals surface area contributed by atoms with E-state index < -0.39 is 11.9 Å². The van der Waals surface area contributed by atoms with E-state index in [-0.39, 0.29) is 5.02 Å². The highest BCUT2D eigenvalue weighted by Gasteiger charge is 2.13. The van der Waals surface area contributed by atoms with Gasteiger partial charge in [-0.15, -0.1) is 0 Å². The van der Waals surface area contributed by atoms with Gasteiger partial charge in [-0.3, -0.25) is 0 Å². The number of nitrogens with zero attached hydrogens (tertiary/aromatic N) is 3. The molecule has 4 rings (SSSR count). The Morgan fingerprint density at radius 3 is 2.57 bits per heavy atom. The van der Waals surface area contributed by atoms with E-state index in [4.69, 9.17) is 33.0 Å². The normalized spacial score (nSPS) is 10.3. The highest BCUT2D eigenvalue weighted by Crippen LogP contribution is 2.37. The topological polar surface area (TPSA) is 109 Å². The summed E-state index contributed by atoms with van der Waals surface area (Å²) in [6, 6.07) is 15.6. The molecule has 0 fully saturated rings. The molecule has 2 heterocycles. The quantitative estimate of drug-likeness (QED) is 0.206. The summed E-state index contributed by atoms with van der Waals surface area (Å²) in [4.78, 5) is 22.0. The molecule has 0 spiro atoms. The highest BCUT2D eigenvalue weighted by atomic mass is 35.5. The molecule has 35 heavy (non-hydrogen) atoms. The third kappa shape index (κ3) is 7.40. The molecule has 3 N–H and O–H groups in total. The maximum Gasteiger partial charge on any atom is 0.404 e. The number of hydrogen-bond acceptors (Lipinski definition) is 6. The van der Waals surface area contributed by atoms with E-state index in [1.165, 1.54) is 25.5 Å². The summed E-state index contributed by atoms with van der Waals surface area (Å²) in [6.45, 7) is 0.967. The molecule has 8 nitrogen and oxygen atoms in total. The molecule has 11 heteroatoms. The molecule has 182 valence electrons. The van der Waals surface area contributed by atoms with Gasteiger partial charge in [-0.25, -0.2) is 24.1 Å². The number of nitrogens with one attached hydrogen (secondary N) is 2. The van der Waals surface area contributed by atoms with Gasteiger partial charge in [0.05, 0.1) is 17.1 Å². The zero-order valence-electron chi connectivity index (χ0n) is 18.6. The van der Waals surface area contributed by atoms with Crippen molar-refractivity contribution >= 4 is 46.1 Å². The molecule has 2 aromatic heterocycles. The van der Waals surface area contributed by atoms with Gasteiger partial charge in [-0.1, -0.05) is 53.5 Å². The van der Waals surface area contributed by atoms with Crippen LogP contribution in [-0.4, -0.2) is 46.4 Å². The summed E-state index contributed by atoms with van der Waals surface area (Å²) in [6.07, 6.45) is 1.14. The molecule has 0 aliphatic heterocycles. The van der Waals surface area contributed by atoms with Crippen LogP contribution in [0.4, 0.5) is 15.0 Å². The van der Waals surface area contributed by atoms with Crippen LogP contribution in [0.5, 0.6) is 5.75 Å².